The molecule has 1 unspecified atom stereocenters. The second kappa shape index (κ2) is 13.8. The number of hydrogen-bond acceptors (Lipinski definition) is 4. The molecule has 3 aromatic rings. The van der Waals surface area contributed by atoms with Gasteiger partial charge in [0, 0.05) is 23.1 Å². The second-order valence-electron chi connectivity index (χ2n) is 9.28. The number of amides is 2. The topological polar surface area (TPSA) is 86.8 Å². The first-order valence-electron chi connectivity index (χ1n) is 12.7. The number of halogens is 2. The lowest BCUT2D eigenvalue weighted by Crippen LogP contribution is -2.51. The summed E-state index contributed by atoms with van der Waals surface area (Å²) in [6.45, 7) is 5.65. The zero-order valence-electron chi connectivity index (χ0n) is 22.2. The van der Waals surface area contributed by atoms with Crippen LogP contribution in [0, 0.1) is 6.92 Å². The molecule has 0 radical (unpaired) electrons. The van der Waals surface area contributed by atoms with Gasteiger partial charge in [0.05, 0.1) is 10.6 Å². The van der Waals surface area contributed by atoms with Gasteiger partial charge in [-0.05, 0) is 56.2 Å². The van der Waals surface area contributed by atoms with Gasteiger partial charge in [-0.1, -0.05) is 84.6 Å². The molecule has 0 aromatic heterocycles. The van der Waals surface area contributed by atoms with Crippen LogP contribution in [0.1, 0.15) is 37.8 Å². The number of hydrogen-bond donors (Lipinski definition) is 1. The fraction of sp³-hybridized carbons (Fsp3) is 0.310. The first kappa shape index (κ1) is 30.5. The maximum absolute atomic E-state index is 13.9. The molecule has 0 saturated carbocycles. The number of nitrogens with one attached hydrogen (secondary N) is 1. The van der Waals surface area contributed by atoms with Crippen molar-refractivity contribution in [2.24, 2.45) is 0 Å². The average molecular weight is 591 g/mol. The van der Waals surface area contributed by atoms with Crippen LogP contribution in [0.5, 0.6) is 0 Å². The van der Waals surface area contributed by atoms with Crippen molar-refractivity contribution in [1.29, 1.82) is 0 Å². The van der Waals surface area contributed by atoms with E-state index in [0.29, 0.717) is 6.54 Å². The predicted octanol–water partition coefficient (Wildman–Crippen LogP) is 5.83. The third-order valence-corrected chi connectivity index (χ3v) is 8.40. The van der Waals surface area contributed by atoms with Crippen LogP contribution in [0.3, 0.4) is 0 Å². The largest absolute Gasteiger partial charge is 0.354 e. The lowest BCUT2D eigenvalue weighted by molar-refractivity contribution is -0.139. The minimum absolute atomic E-state index is 0.00416. The van der Waals surface area contributed by atoms with Crippen molar-refractivity contribution in [1.82, 2.24) is 10.2 Å². The van der Waals surface area contributed by atoms with Crippen LogP contribution in [0.25, 0.3) is 0 Å². The quantitative estimate of drug-likeness (QED) is 0.269. The Kier molecular flexibility index (Phi) is 10.8. The molecule has 0 saturated heterocycles. The summed E-state index contributed by atoms with van der Waals surface area (Å²) in [5.41, 5.74) is 1.96. The Bertz CT molecular complexity index is 1380. The number of nitrogens with zero attached hydrogens (tertiary/aromatic N) is 2. The van der Waals surface area contributed by atoms with Gasteiger partial charge in [-0.25, -0.2) is 8.42 Å². The van der Waals surface area contributed by atoms with E-state index in [2.05, 4.69) is 5.32 Å². The molecule has 1 atom stereocenters. The van der Waals surface area contributed by atoms with Gasteiger partial charge >= 0.3 is 0 Å². The van der Waals surface area contributed by atoms with E-state index in [4.69, 9.17) is 23.2 Å². The molecule has 2 amide bonds. The van der Waals surface area contributed by atoms with E-state index in [-0.39, 0.29) is 33.1 Å². The number of rotatable bonds is 12. The van der Waals surface area contributed by atoms with E-state index in [0.717, 1.165) is 28.3 Å². The molecule has 0 bridgehead atoms. The van der Waals surface area contributed by atoms with E-state index < -0.39 is 28.5 Å². The highest BCUT2D eigenvalue weighted by molar-refractivity contribution is 7.92. The monoisotopic (exact) mass is 589 g/mol. The van der Waals surface area contributed by atoms with E-state index in [9.17, 15) is 18.0 Å². The van der Waals surface area contributed by atoms with Crippen molar-refractivity contribution in [2.45, 2.75) is 51.1 Å². The average Bonchev–Trinajstić information content (AvgIpc) is 2.89. The van der Waals surface area contributed by atoms with Gasteiger partial charge in [-0.15, -0.1) is 0 Å². The SMILES string of the molecule is CCCCNC(=O)C(C)N(Cc1cccc(C)c1)C(=O)CN(c1cc(Cl)cc(Cl)c1)S(=O)(=O)c1ccccc1. The van der Waals surface area contributed by atoms with Crippen LogP contribution in [-0.4, -0.2) is 44.3 Å². The lowest BCUT2D eigenvalue weighted by Gasteiger charge is -2.32. The molecule has 0 aliphatic carbocycles. The Hall–Kier alpha value is -3.07. The molecule has 0 spiro atoms. The summed E-state index contributed by atoms with van der Waals surface area (Å²) >= 11 is 12.4. The van der Waals surface area contributed by atoms with Gasteiger partial charge in [-0.2, -0.15) is 0 Å². The predicted molar refractivity (Wildman–Crippen MR) is 157 cm³/mol. The summed E-state index contributed by atoms with van der Waals surface area (Å²) in [7, 11) is -4.19. The van der Waals surface area contributed by atoms with Gasteiger partial charge < -0.3 is 10.2 Å². The van der Waals surface area contributed by atoms with Crippen molar-refractivity contribution < 1.29 is 18.0 Å². The zero-order valence-corrected chi connectivity index (χ0v) is 24.6. The molecular weight excluding hydrogens is 557 g/mol. The molecule has 0 aliphatic heterocycles. The van der Waals surface area contributed by atoms with Crippen molar-refractivity contribution in [3.8, 4) is 0 Å². The Morgan fingerprint density at radius 3 is 2.23 bits per heavy atom. The summed E-state index contributed by atoms with van der Waals surface area (Å²) in [6, 6.07) is 18.9. The molecule has 0 heterocycles. The smallest absolute Gasteiger partial charge is 0.264 e. The highest BCUT2D eigenvalue weighted by Crippen LogP contribution is 2.30. The summed E-state index contributed by atoms with van der Waals surface area (Å²) in [5.74, 6) is -0.863. The fourth-order valence-corrected chi connectivity index (χ4v) is 5.99. The summed E-state index contributed by atoms with van der Waals surface area (Å²) in [5, 5.41) is 3.31. The normalized spacial score (nSPS) is 12.0. The molecule has 10 heteroatoms. The minimum atomic E-state index is -4.19. The van der Waals surface area contributed by atoms with Crippen LogP contribution < -0.4 is 9.62 Å². The number of aryl methyl sites for hydroxylation is 1. The number of sulfonamides is 1. The van der Waals surface area contributed by atoms with Gasteiger partial charge in [-0.3, -0.25) is 13.9 Å². The van der Waals surface area contributed by atoms with Crippen molar-refractivity contribution in [2.75, 3.05) is 17.4 Å². The van der Waals surface area contributed by atoms with Crippen LogP contribution in [0.15, 0.2) is 77.7 Å². The van der Waals surface area contributed by atoms with E-state index in [1.165, 1.54) is 35.2 Å². The number of anilines is 1. The fourth-order valence-electron chi connectivity index (χ4n) is 4.06. The highest BCUT2D eigenvalue weighted by Gasteiger charge is 2.32. The van der Waals surface area contributed by atoms with Gasteiger partial charge in [0.25, 0.3) is 10.0 Å². The molecule has 0 fully saturated rings. The Balaban J connectivity index is 2.02. The number of unbranched alkanes of at least 4 members (excludes halogenated alkanes) is 1. The third-order valence-electron chi connectivity index (χ3n) is 6.18. The number of carbonyl (C=O) groups excluding carboxylic acids is 2. The van der Waals surface area contributed by atoms with Crippen LogP contribution >= 0.6 is 23.2 Å². The first-order chi connectivity index (χ1) is 18.5. The van der Waals surface area contributed by atoms with Crippen molar-refractivity contribution in [3.05, 3.63) is 94.0 Å². The zero-order chi connectivity index (χ0) is 28.6. The van der Waals surface area contributed by atoms with E-state index in [1.54, 1.807) is 25.1 Å². The van der Waals surface area contributed by atoms with Crippen molar-refractivity contribution >= 4 is 50.7 Å². The van der Waals surface area contributed by atoms with Crippen LogP contribution in [0.2, 0.25) is 10.0 Å². The lowest BCUT2D eigenvalue weighted by atomic mass is 10.1. The summed E-state index contributed by atoms with van der Waals surface area (Å²) in [6.07, 6.45) is 1.72. The van der Waals surface area contributed by atoms with Crippen LogP contribution in [0.4, 0.5) is 5.69 Å². The van der Waals surface area contributed by atoms with Gasteiger partial charge in [0.2, 0.25) is 11.8 Å². The summed E-state index contributed by atoms with van der Waals surface area (Å²) < 4.78 is 28.5. The molecule has 7 nitrogen and oxygen atoms in total. The maximum Gasteiger partial charge on any atom is 0.264 e. The minimum Gasteiger partial charge on any atom is -0.354 e. The van der Waals surface area contributed by atoms with Crippen LogP contribution in [-0.2, 0) is 26.2 Å². The van der Waals surface area contributed by atoms with E-state index in [1.807, 2.05) is 38.1 Å². The number of benzene rings is 3. The Morgan fingerprint density at radius 2 is 1.62 bits per heavy atom. The maximum atomic E-state index is 13.9. The molecule has 1 N–H and O–H groups in total. The van der Waals surface area contributed by atoms with E-state index >= 15 is 0 Å². The third kappa shape index (κ3) is 8.21. The highest BCUT2D eigenvalue weighted by atomic mass is 35.5. The molecular formula is C29H33Cl2N3O4S. The number of carbonyl (C=O) groups is 2. The molecule has 0 aliphatic rings. The van der Waals surface area contributed by atoms with Gasteiger partial charge in [0.15, 0.2) is 0 Å². The van der Waals surface area contributed by atoms with Crippen molar-refractivity contribution in [3.63, 3.8) is 0 Å². The summed E-state index contributed by atoms with van der Waals surface area (Å²) in [4.78, 5) is 28.3. The Morgan fingerprint density at radius 1 is 0.949 bits per heavy atom. The Labute approximate surface area is 240 Å². The molecule has 39 heavy (non-hydrogen) atoms. The standard InChI is InChI=1S/C29H33Cl2N3O4S/c1-4-5-14-32-29(36)22(3)33(19-23-11-9-10-21(2)15-23)28(35)20-34(26-17-24(30)16-25(31)18-26)39(37,38)27-12-7-6-8-13-27/h6-13,15-18,22H,4-5,14,19-20H2,1-3H3,(H,32,36). The molecule has 208 valence electrons. The molecule has 3 aromatic carbocycles. The van der Waals surface area contributed by atoms with Gasteiger partial charge in [0.1, 0.15) is 12.6 Å². The molecule has 3 rings (SSSR count). The first-order valence-corrected chi connectivity index (χ1v) is 14.9. The second-order valence-corrected chi connectivity index (χ2v) is 12.0.